The Labute approximate surface area is 311 Å². The number of carbonyl (C=O) groups is 2. The van der Waals surface area contributed by atoms with E-state index in [2.05, 4.69) is 43.4 Å². The SMILES string of the molecule is CCO[C@H]1/C=C\C[C@H](C)CS(=O)(NC(=O)c2cn(C)nc2OC)=NC(=O)c2ccc3c(c2)N(C[C@@H]2CC[C@H]21)C[C@@]1(CCCc2cc(Cl)ccc21)CO3. The maximum Gasteiger partial charge on any atom is 0.286 e. The molecule has 1 spiro atoms. The second-order valence-electron chi connectivity index (χ2n) is 14.8. The molecule has 0 saturated heterocycles. The van der Waals surface area contributed by atoms with Crippen LogP contribution in [0.4, 0.5) is 5.69 Å². The molecule has 13 heteroatoms. The summed E-state index contributed by atoms with van der Waals surface area (Å²) in [4.78, 5) is 30.0. The summed E-state index contributed by atoms with van der Waals surface area (Å²) >= 11 is 6.47. The lowest BCUT2D eigenvalue weighted by Crippen LogP contribution is -2.49. The molecular weight excluding hydrogens is 702 g/mol. The van der Waals surface area contributed by atoms with Crippen molar-refractivity contribution in [2.24, 2.45) is 29.2 Å². The van der Waals surface area contributed by atoms with Gasteiger partial charge >= 0.3 is 0 Å². The summed E-state index contributed by atoms with van der Waals surface area (Å²) in [6.07, 6.45) is 11.3. The van der Waals surface area contributed by atoms with E-state index >= 15 is 0 Å². The number of benzene rings is 2. The molecule has 278 valence electrons. The fourth-order valence-electron chi connectivity index (χ4n) is 8.46. The summed E-state index contributed by atoms with van der Waals surface area (Å²) in [5, 5.41) is 4.89. The van der Waals surface area contributed by atoms with Crippen LogP contribution in [0.25, 0.3) is 0 Å². The lowest BCUT2D eigenvalue weighted by atomic mass is 9.68. The van der Waals surface area contributed by atoms with Crippen molar-refractivity contribution in [3.05, 3.63) is 82.0 Å². The maximum absolute atomic E-state index is 14.6. The average Bonchev–Trinajstić information content (AvgIpc) is 3.41. The molecule has 1 unspecified atom stereocenters. The van der Waals surface area contributed by atoms with Gasteiger partial charge in [-0.05, 0) is 105 Å². The quantitative estimate of drug-likeness (QED) is 0.292. The van der Waals surface area contributed by atoms with Gasteiger partial charge < -0.3 is 19.1 Å². The van der Waals surface area contributed by atoms with Crippen molar-refractivity contribution in [3.8, 4) is 11.6 Å². The molecule has 1 saturated carbocycles. The van der Waals surface area contributed by atoms with Crippen molar-refractivity contribution in [1.82, 2.24) is 14.5 Å². The van der Waals surface area contributed by atoms with E-state index in [0.717, 1.165) is 49.4 Å². The molecular formula is C39H48ClN5O6S. The summed E-state index contributed by atoms with van der Waals surface area (Å²) in [5.74, 6) is -0.0733. The zero-order valence-electron chi connectivity index (χ0n) is 30.3. The zero-order chi connectivity index (χ0) is 36.6. The number of aryl methyl sites for hydroxylation is 2. The highest BCUT2D eigenvalue weighted by molar-refractivity contribution is 7.92. The van der Waals surface area contributed by atoms with Gasteiger partial charge in [0.05, 0.1) is 31.3 Å². The molecule has 0 radical (unpaired) electrons. The number of halogens is 1. The zero-order valence-corrected chi connectivity index (χ0v) is 31.9. The number of methoxy groups -OCH3 is 1. The van der Waals surface area contributed by atoms with E-state index in [0.29, 0.717) is 43.8 Å². The Morgan fingerprint density at radius 2 is 2.06 bits per heavy atom. The molecule has 2 aliphatic heterocycles. The van der Waals surface area contributed by atoms with E-state index < -0.39 is 21.7 Å². The Morgan fingerprint density at radius 3 is 2.83 bits per heavy atom. The van der Waals surface area contributed by atoms with Gasteiger partial charge in [0, 0.05) is 48.9 Å². The Bertz CT molecular complexity index is 2010. The number of hydrogen-bond donors (Lipinski definition) is 1. The third-order valence-electron chi connectivity index (χ3n) is 11.1. The molecule has 1 fully saturated rings. The molecule has 7 rings (SSSR count). The van der Waals surface area contributed by atoms with Crippen molar-refractivity contribution >= 4 is 39.0 Å². The van der Waals surface area contributed by atoms with E-state index in [1.807, 2.05) is 32.0 Å². The molecule has 3 aromatic rings. The number of hydrogen-bond acceptors (Lipinski definition) is 8. The first-order valence-corrected chi connectivity index (χ1v) is 20.3. The molecule has 2 aromatic carbocycles. The number of rotatable bonds is 5. The van der Waals surface area contributed by atoms with Gasteiger partial charge in [0.2, 0.25) is 5.88 Å². The van der Waals surface area contributed by atoms with E-state index in [1.165, 1.54) is 29.1 Å². The molecule has 1 aromatic heterocycles. The third kappa shape index (κ3) is 7.34. The van der Waals surface area contributed by atoms with Gasteiger partial charge in [0.15, 0.2) is 0 Å². The Balaban J connectivity index is 1.31. The summed E-state index contributed by atoms with van der Waals surface area (Å²) in [6.45, 7) is 6.54. The number of nitrogens with one attached hydrogen (secondary N) is 1. The summed E-state index contributed by atoms with van der Waals surface area (Å²) in [6, 6.07) is 11.5. The number of fused-ring (bicyclic) bond motifs is 4. The number of allylic oxidation sites excluding steroid dienone is 1. The van der Waals surface area contributed by atoms with Crippen LogP contribution >= 0.6 is 11.6 Å². The van der Waals surface area contributed by atoms with Gasteiger partial charge in [-0.15, -0.1) is 9.46 Å². The van der Waals surface area contributed by atoms with Crippen molar-refractivity contribution in [1.29, 1.82) is 0 Å². The minimum atomic E-state index is -3.60. The second kappa shape index (κ2) is 14.9. The van der Waals surface area contributed by atoms with Crippen LogP contribution in [0.5, 0.6) is 11.6 Å². The highest BCUT2D eigenvalue weighted by Gasteiger charge is 2.44. The van der Waals surface area contributed by atoms with E-state index in [9.17, 15) is 13.8 Å². The topological polar surface area (TPSA) is 124 Å². The Morgan fingerprint density at radius 1 is 1.21 bits per heavy atom. The van der Waals surface area contributed by atoms with Crippen LogP contribution in [0.3, 0.4) is 0 Å². The molecule has 52 heavy (non-hydrogen) atoms. The van der Waals surface area contributed by atoms with E-state index in [-0.39, 0.29) is 40.2 Å². The van der Waals surface area contributed by atoms with Gasteiger partial charge in [-0.1, -0.05) is 36.7 Å². The third-order valence-corrected chi connectivity index (χ3v) is 13.3. The van der Waals surface area contributed by atoms with Crippen molar-refractivity contribution in [2.75, 3.05) is 44.1 Å². The van der Waals surface area contributed by atoms with Gasteiger partial charge in [0.1, 0.15) is 21.2 Å². The standard InChI is InChI=1S/C39H48ClN5O6S/c1-5-50-34-10-6-8-25(2)22-52(48,43-37(47)31-21-44(3)41-38(31)49-4)42-36(46)27-12-16-35-33(19-27)45(20-28-11-14-30(28)34)23-39(24-51-35)17-7-9-26-18-29(40)13-15-32(26)39/h6,10,12-13,15-16,18-19,21,25,28,30,34H,5,7-9,11,14,17,20,22-24H2,1-4H3,(H,42,43,46,47,48)/b10-6-/t25-,28-,30+,34-,39-,52?/m0/s1. The lowest BCUT2D eigenvalue weighted by Gasteiger charge is -2.46. The Kier molecular flexibility index (Phi) is 10.4. The van der Waals surface area contributed by atoms with Gasteiger partial charge in [-0.2, -0.15) is 0 Å². The predicted octanol–water partition coefficient (Wildman–Crippen LogP) is 6.54. The first-order chi connectivity index (χ1) is 25.0. The monoisotopic (exact) mass is 749 g/mol. The second-order valence-corrected chi connectivity index (χ2v) is 17.3. The number of amides is 2. The molecule has 6 atom stereocenters. The molecule has 2 amide bonds. The first-order valence-electron chi connectivity index (χ1n) is 18.3. The van der Waals surface area contributed by atoms with Crippen LogP contribution < -0.4 is 19.1 Å². The van der Waals surface area contributed by atoms with Crippen LogP contribution in [0.1, 0.15) is 77.8 Å². The summed E-state index contributed by atoms with van der Waals surface area (Å²) < 4.78 is 41.2. The lowest BCUT2D eigenvalue weighted by molar-refractivity contribution is -0.00864. The van der Waals surface area contributed by atoms with Crippen LogP contribution in [-0.2, 0) is 33.5 Å². The minimum absolute atomic E-state index is 0.0329. The maximum atomic E-state index is 14.6. The van der Waals surface area contributed by atoms with E-state index in [4.69, 9.17) is 25.8 Å². The highest BCUT2D eigenvalue weighted by Crippen LogP contribution is 2.47. The van der Waals surface area contributed by atoms with Crippen LogP contribution in [0, 0.1) is 17.8 Å². The number of ether oxygens (including phenoxy) is 3. The number of anilines is 1. The predicted molar refractivity (Wildman–Crippen MR) is 202 cm³/mol. The van der Waals surface area contributed by atoms with Crippen molar-refractivity contribution in [3.63, 3.8) is 0 Å². The van der Waals surface area contributed by atoms with Crippen LogP contribution in [0.15, 0.2) is 59.1 Å². The minimum Gasteiger partial charge on any atom is -0.490 e. The molecule has 3 heterocycles. The van der Waals surface area contributed by atoms with Gasteiger partial charge in [-0.25, -0.2) is 4.21 Å². The average molecular weight is 750 g/mol. The molecule has 4 aliphatic rings. The van der Waals surface area contributed by atoms with Gasteiger partial charge in [-0.3, -0.25) is 19.0 Å². The fourth-order valence-corrected chi connectivity index (χ4v) is 10.5. The van der Waals surface area contributed by atoms with Crippen molar-refractivity contribution < 1.29 is 28.0 Å². The largest absolute Gasteiger partial charge is 0.490 e. The van der Waals surface area contributed by atoms with Crippen LogP contribution in [0.2, 0.25) is 5.02 Å². The Hall–Kier alpha value is -3.87. The molecule has 1 N–H and O–H groups in total. The molecule has 11 nitrogen and oxygen atoms in total. The molecule has 2 aliphatic carbocycles. The smallest absolute Gasteiger partial charge is 0.286 e. The number of aromatic nitrogens is 2. The first kappa shape index (κ1) is 36.5. The molecule has 2 bridgehead atoms. The summed E-state index contributed by atoms with van der Waals surface area (Å²) in [7, 11) is -0.533. The van der Waals surface area contributed by atoms with Crippen LogP contribution in [-0.4, -0.2) is 71.1 Å². The number of carbonyl (C=O) groups excluding carboxylic acids is 2. The summed E-state index contributed by atoms with van der Waals surface area (Å²) in [5.41, 5.74) is 3.44. The van der Waals surface area contributed by atoms with Gasteiger partial charge in [0.25, 0.3) is 11.8 Å². The highest BCUT2D eigenvalue weighted by atomic mass is 35.5. The normalized spacial score (nSPS) is 29.4. The van der Waals surface area contributed by atoms with Crippen molar-refractivity contribution in [2.45, 2.75) is 63.9 Å². The fraction of sp³-hybridized carbons (Fsp3) is 0.513. The van der Waals surface area contributed by atoms with E-state index in [1.54, 1.807) is 13.1 Å². The number of nitrogens with zero attached hydrogens (tertiary/aromatic N) is 4.